The number of aromatic nitrogens is 3. The van der Waals surface area contributed by atoms with E-state index in [1.165, 1.54) is 11.8 Å². The second-order valence-electron chi connectivity index (χ2n) is 5.83. The molecule has 0 saturated heterocycles. The van der Waals surface area contributed by atoms with Crippen LogP contribution in [0.5, 0.6) is 5.75 Å². The lowest BCUT2D eigenvalue weighted by molar-refractivity contribution is -0.113. The number of para-hydroxylation sites is 2. The molecule has 0 atom stereocenters. The number of nitrogens with zero attached hydrogens (tertiary/aromatic N) is 3. The second-order valence-corrected chi connectivity index (χ2v) is 7.59. The lowest BCUT2D eigenvalue weighted by Crippen LogP contribution is -2.15. The van der Waals surface area contributed by atoms with Gasteiger partial charge in [0.25, 0.3) is 0 Å². The summed E-state index contributed by atoms with van der Waals surface area (Å²) >= 11 is 13.4. The number of anilines is 1. The highest BCUT2D eigenvalue weighted by Crippen LogP contribution is 2.30. The van der Waals surface area contributed by atoms with Crippen LogP contribution in [0.15, 0.2) is 66.3 Å². The molecular formula is C20H18Cl2N4O2S. The van der Waals surface area contributed by atoms with Gasteiger partial charge in [-0.25, -0.2) is 0 Å². The first kappa shape index (κ1) is 21.2. The molecule has 0 aliphatic carbocycles. The number of ether oxygens (including phenoxy) is 1. The molecule has 0 aliphatic rings. The van der Waals surface area contributed by atoms with Crippen LogP contribution in [0.2, 0.25) is 10.0 Å². The van der Waals surface area contributed by atoms with E-state index in [1.54, 1.807) is 24.3 Å². The Balaban J connectivity index is 1.63. The van der Waals surface area contributed by atoms with E-state index in [2.05, 4.69) is 22.1 Å². The van der Waals surface area contributed by atoms with E-state index in [4.69, 9.17) is 27.9 Å². The Morgan fingerprint density at radius 3 is 2.55 bits per heavy atom. The Morgan fingerprint density at radius 2 is 1.86 bits per heavy atom. The van der Waals surface area contributed by atoms with E-state index in [0.717, 1.165) is 5.75 Å². The largest absolute Gasteiger partial charge is 0.486 e. The zero-order valence-corrected chi connectivity index (χ0v) is 17.7. The van der Waals surface area contributed by atoms with Gasteiger partial charge >= 0.3 is 0 Å². The van der Waals surface area contributed by atoms with Crippen molar-refractivity contribution in [2.75, 3.05) is 11.1 Å². The number of nitrogens with one attached hydrogen (secondary N) is 1. The van der Waals surface area contributed by atoms with Gasteiger partial charge in [-0.2, -0.15) is 0 Å². The van der Waals surface area contributed by atoms with Gasteiger partial charge in [0.2, 0.25) is 5.91 Å². The maximum atomic E-state index is 12.3. The monoisotopic (exact) mass is 448 g/mol. The van der Waals surface area contributed by atoms with E-state index in [-0.39, 0.29) is 18.3 Å². The quantitative estimate of drug-likeness (QED) is 0.365. The average Bonchev–Trinajstić information content (AvgIpc) is 3.10. The number of hydrogen-bond donors (Lipinski definition) is 1. The van der Waals surface area contributed by atoms with Gasteiger partial charge in [-0.15, -0.1) is 16.8 Å². The highest BCUT2D eigenvalue weighted by Gasteiger charge is 2.15. The van der Waals surface area contributed by atoms with Gasteiger partial charge in [-0.1, -0.05) is 65.3 Å². The highest BCUT2D eigenvalue weighted by molar-refractivity contribution is 7.99. The highest BCUT2D eigenvalue weighted by atomic mass is 35.5. The van der Waals surface area contributed by atoms with Crippen molar-refractivity contribution in [3.8, 4) is 5.75 Å². The maximum absolute atomic E-state index is 12.3. The van der Waals surface area contributed by atoms with Gasteiger partial charge in [0.05, 0.1) is 21.5 Å². The molecule has 0 fully saturated rings. The topological polar surface area (TPSA) is 69.0 Å². The number of carbonyl (C=O) groups is 1. The third-order valence-corrected chi connectivity index (χ3v) is 5.37. The number of hydrogen-bond acceptors (Lipinski definition) is 5. The molecule has 9 heteroatoms. The molecule has 0 aliphatic heterocycles. The smallest absolute Gasteiger partial charge is 0.234 e. The summed E-state index contributed by atoms with van der Waals surface area (Å²) in [6.45, 7) is 4.53. The van der Waals surface area contributed by atoms with Crippen LogP contribution >= 0.6 is 35.0 Å². The van der Waals surface area contributed by atoms with Gasteiger partial charge in [0, 0.05) is 6.54 Å². The number of amides is 1. The van der Waals surface area contributed by atoms with Crippen LogP contribution in [-0.4, -0.2) is 26.4 Å². The summed E-state index contributed by atoms with van der Waals surface area (Å²) in [4.78, 5) is 12.3. The first-order chi connectivity index (χ1) is 14.1. The normalized spacial score (nSPS) is 10.6. The van der Waals surface area contributed by atoms with Gasteiger partial charge < -0.3 is 10.1 Å². The molecule has 29 heavy (non-hydrogen) atoms. The predicted molar refractivity (Wildman–Crippen MR) is 117 cm³/mol. The van der Waals surface area contributed by atoms with Crippen molar-refractivity contribution >= 4 is 46.6 Å². The van der Waals surface area contributed by atoms with E-state index in [9.17, 15) is 4.79 Å². The zero-order valence-electron chi connectivity index (χ0n) is 15.3. The fraction of sp³-hybridized carbons (Fsp3) is 0.150. The molecule has 0 radical (unpaired) electrons. The first-order valence-corrected chi connectivity index (χ1v) is 10.4. The Bertz CT molecular complexity index is 975. The minimum Gasteiger partial charge on any atom is -0.486 e. The first-order valence-electron chi connectivity index (χ1n) is 8.66. The molecule has 2 aromatic carbocycles. The number of thioether (sulfide) groups is 1. The fourth-order valence-corrected chi connectivity index (χ4v) is 3.69. The molecule has 3 rings (SSSR count). The van der Waals surface area contributed by atoms with E-state index < -0.39 is 0 Å². The molecule has 1 amide bonds. The lowest BCUT2D eigenvalue weighted by Gasteiger charge is -2.10. The van der Waals surface area contributed by atoms with E-state index >= 15 is 0 Å². The molecule has 150 valence electrons. The van der Waals surface area contributed by atoms with Gasteiger partial charge in [-0.05, 0) is 24.3 Å². The number of halogens is 2. The van der Waals surface area contributed by atoms with Crippen LogP contribution < -0.4 is 10.1 Å². The molecule has 0 saturated carbocycles. The Hall–Kier alpha value is -2.48. The van der Waals surface area contributed by atoms with Crippen molar-refractivity contribution in [2.24, 2.45) is 0 Å². The molecule has 3 aromatic rings. The SMILES string of the molecule is C=CCn1c(COc2ccccc2)nnc1SCC(=O)Nc1c(Cl)cccc1Cl. The standard InChI is InChI=1S/C20H18Cl2N4O2S/c1-2-11-26-17(12-28-14-7-4-3-5-8-14)24-25-20(26)29-13-18(27)23-19-15(21)9-6-10-16(19)22/h2-10H,1,11-13H2,(H,23,27). The molecule has 1 N–H and O–H groups in total. The minimum absolute atomic E-state index is 0.121. The van der Waals surface area contributed by atoms with Crippen LogP contribution in [0, 0.1) is 0 Å². The summed E-state index contributed by atoms with van der Waals surface area (Å²) in [6, 6.07) is 14.5. The fourth-order valence-electron chi connectivity index (χ4n) is 2.43. The Kier molecular flexibility index (Phi) is 7.57. The predicted octanol–water partition coefficient (Wildman–Crippen LogP) is 5.08. The molecule has 0 unspecified atom stereocenters. The van der Waals surface area contributed by atoms with Crippen LogP contribution in [-0.2, 0) is 17.9 Å². The van der Waals surface area contributed by atoms with Crippen molar-refractivity contribution in [3.63, 3.8) is 0 Å². The summed E-state index contributed by atoms with van der Waals surface area (Å²) in [5.74, 6) is 1.26. The molecule has 6 nitrogen and oxygen atoms in total. The van der Waals surface area contributed by atoms with Gasteiger partial charge in [0.1, 0.15) is 12.4 Å². The summed E-state index contributed by atoms with van der Waals surface area (Å²) < 4.78 is 7.61. The number of carbonyl (C=O) groups excluding carboxylic acids is 1. The van der Waals surface area contributed by atoms with Gasteiger partial charge in [0.15, 0.2) is 11.0 Å². The van der Waals surface area contributed by atoms with Crippen molar-refractivity contribution in [1.29, 1.82) is 0 Å². The molecular weight excluding hydrogens is 431 g/mol. The van der Waals surface area contributed by atoms with Crippen molar-refractivity contribution in [2.45, 2.75) is 18.3 Å². The summed E-state index contributed by atoms with van der Waals surface area (Å²) in [5, 5.41) is 12.4. The molecule has 1 heterocycles. The van der Waals surface area contributed by atoms with Crippen molar-refractivity contribution in [1.82, 2.24) is 14.8 Å². The van der Waals surface area contributed by atoms with Gasteiger partial charge in [-0.3, -0.25) is 9.36 Å². The maximum Gasteiger partial charge on any atom is 0.234 e. The average molecular weight is 449 g/mol. The Labute approximate surface area is 182 Å². The zero-order chi connectivity index (χ0) is 20.6. The lowest BCUT2D eigenvalue weighted by atomic mass is 10.3. The van der Waals surface area contributed by atoms with Crippen molar-refractivity contribution in [3.05, 3.63) is 77.1 Å². The molecule has 0 bridgehead atoms. The summed E-state index contributed by atoms with van der Waals surface area (Å²) in [7, 11) is 0. The number of benzene rings is 2. The minimum atomic E-state index is -0.250. The second kappa shape index (κ2) is 10.3. The number of allylic oxidation sites excluding steroid dienone is 1. The van der Waals surface area contributed by atoms with Crippen molar-refractivity contribution < 1.29 is 9.53 Å². The van der Waals surface area contributed by atoms with Crippen LogP contribution in [0.1, 0.15) is 5.82 Å². The van der Waals surface area contributed by atoms with E-state index in [1.807, 2.05) is 34.9 Å². The van der Waals surface area contributed by atoms with Crippen LogP contribution in [0.4, 0.5) is 5.69 Å². The summed E-state index contributed by atoms with van der Waals surface area (Å²) in [5.41, 5.74) is 0.394. The molecule has 0 spiro atoms. The third kappa shape index (κ3) is 5.76. The van der Waals surface area contributed by atoms with E-state index in [0.29, 0.717) is 33.3 Å². The Morgan fingerprint density at radius 1 is 1.14 bits per heavy atom. The summed E-state index contributed by atoms with van der Waals surface area (Å²) in [6.07, 6.45) is 1.74. The third-order valence-electron chi connectivity index (χ3n) is 3.78. The van der Waals surface area contributed by atoms with Crippen LogP contribution in [0.3, 0.4) is 0 Å². The van der Waals surface area contributed by atoms with Crippen LogP contribution in [0.25, 0.3) is 0 Å². The molecule has 1 aromatic heterocycles. The number of rotatable bonds is 9.